The average molecular weight is 352 g/mol. The zero-order chi connectivity index (χ0) is 17.5. The van der Waals surface area contributed by atoms with Gasteiger partial charge >= 0.3 is 0 Å². The van der Waals surface area contributed by atoms with Crippen LogP contribution in [0, 0.1) is 0 Å². The van der Waals surface area contributed by atoms with E-state index in [0.717, 1.165) is 28.2 Å². The summed E-state index contributed by atoms with van der Waals surface area (Å²) in [6.07, 6.45) is 0.785. The molecular weight excluding hydrogens is 332 g/mol. The van der Waals surface area contributed by atoms with Crippen LogP contribution in [-0.4, -0.2) is 31.2 Å². The molecule has 0 bridgehead atoms. The van der Waals surface area contributed by atoms with Gasteiger partial charge in [-0.1, -0.05) is 60.7 Å². The molecule has 0 saturated carbocycles. The maximum absolute atomic E-state index is 12.7. The van der Waals surface area contributed by atoms with Crippen molar-refractivity contribution in [3.8, 4) is 21.8 Å². The molecule has 0 aliphatic rings. The number of benzene rings is 2. The van der Waals surface area contributed by atoms with Crippen LogP contribution in [0.1, 0.15) is 16.1 Å². The summed E-state index contributed by atoms with van der Waals surface area (Å²) in [5.74, 6) is -0.0883. The lowest BCUT2D eigenvalue weighted by Gasteiger charge is -2.05. The van der Waals surface area contributed by atoms with Gasteiger partial charge in [-0.2, -0.15) is 0 Å². The molecular formula is C20H20N2O2S. The van der Waals surface area contributed by atoms with Gasteiger partial charge in [0.1, 0.15) is 9.88 Å². The van der Waals surface area contributed by atoms with Gasteiger partial charge in [0.05, 0.1) is 5.69 Å². The highest BCUT2D eigenvalue weighted by Gasteiger charge is 2.19. The number of hydrogen-bond acceptors (Lipinski definition) is 4. The van der Waals surface area contributed by atoms with Gasteiger partial charge in [0.25, 0.3) is 5.91 Å². The number of nitrogens with zero attached hydrogens (tertiary/aromatic N) is 1. The molecule has 3 aromatic rings. The second-order valence-electron chi connectivity index (χ2n) is 5.53. The van der Waals surface area contributed by atoms with Gasteiger partial charge < -0.3 is 10.1 Å². The van der Waals surface area contributed by atoms with Crippen LogP contribution in [0.4, 0.5) is 0 Å². The minimum Gasteiger partial charge on any atom is -0.385 e. The molecule has 25 heavy (non-hydrogen) atoms. The monoisotopic (exact) mass is 352 g/mol. The SMILES string of the molecule is COCCCNC(=O)c1sc(-c2ccccc2)nc1-c1ccccc1. The van der Waals surface area contributed by atoms with Crippen LogP contribution in [0.15, 0.2) is 60.7 Å². The highest BCUT2D eigenvalue weighted by atomic mass is 32.1. The number of aromatic nitrogens is 1. The van der Waals surface area contributed by atoms with Crippen molar-refractivity contribution >= 4 is 17.2 Å². The minimum absolute atomic E-state index is 0.0883. The number of ether oxygens (including phenoxy) is 1. The Morgan fingerprint density at radius 1 is 1.04 bits per heavy atom. The highest BCUT2D eigenvalue weighted by molar-refractivity contribution is 7.17. The smallest absolute Gasteiger partial charge is 0.263 e. The number of carbonyl (C=O) groups is 1. The van der Waals surface area contributed by atoms with E-state index in [0.29, 0.717) is 18.0 Å². The van der Waals surface area contributed by atoms with Crippen molar-refractivity contribution in [1.29, 1.82) is 0 Å². The molecule has 0 radical (unpaired) electrons. The first-order chi connectivity index (χ1) is 12.3. The Morgan fingerprint density at radius 3 is 2.32 bits per heavy atom. The summed E-state index contributed by atoms with van der Waals surface area (Å²) in [4.78, 5) is 18.1. The zero-order valence-corrected chi connectivity index (χ0v) is 14.9. The first-order valence-corrected chi connectivity index (χ1v) is 9.00. The maximum atomic E-state index is 12.7. The number of carbonyl (C=O) groups excluding carboxylic acids is 1. The molecule has 1 N–H and O–H groups in total. The van der Waals surface area contributed by atoms with Crippen molar-refractivity contribution in [2.75, 3.05) is 20.3 Å². The van der Waals surface area contributed by atoms with Crippen molar-refractivity contribution in [3.05, 3.63) is 65.5 Å². The Labute approximate surface area is 151 Å². The number of rotatable bonds is 7. The van der Waals surface area contributed by atoms with Crippen molar-refractivity contribution in [2.45, 2.75) is 6.42 Å². The second kappa shape index (κ2) is 8.55. The van der Waals surface area contributed by atoms with Crippen LogP contribution >= 0.6 is 11.3 Å². The van der Waals surface area contributed by atoms with E-state index in [1.54, 1.807) is 7.11 Å². The Morgan fingerprint density at radius 2 is 1.68 bits per heavy atom. The van der Waals surface area contributed by atoms with E-state index in [1.807, 2.05) is 60.7 Å². The summed E-state index contributed by atoms with van der Waals surface area (Å²) in [5, 5.41) is 3.81. The molecule has 0 aliphatic heterocycles. The van der Waals surface area contributed by atoms with Crippen LogP contribution in [-0.2, 0) is 4.74 Å². The van der Waals surface area contributed by atoms with Crippen molar-refractivity contribution in [1.82, 2.24) is 10.3 Å². The molecule has 0 spiro atoms. The Hall–Kier alpha value is -2.50. The molecule has 5 heteroatoms. The Kier molecular flexibility index (Phi) is 5.93. The Balaban J connectivity index is 1.92. The van der Waals surface area contributed by atoms with E-state index in [9.17, 15) is 4.79 Å². The third kappa shape index (κ3) is 4.32. The number of amides is 1. The van der Waals surface area contributed by atoms with Crippen LogP contribution in [0.3, 0.4) is 0 Å². The van der Waals surface area contributed by atoms with Gasteiger partial charge in [0, 0.05) is 31.4 Å². The van der Waals surface area contributed by atoms with E-state index < -0.39 is 0 Å². The third-order valence-electron chi connectivity index (χ3n) is 3.71. The fraction of sp³-hybridized carbons (Fsp3) is 0.200. The molecule has 0 fully saturated rings. The van der Waals surface area contributed by atoms with Crippen molar-refractivity contribution in [3.63, 3.8) is 0 Å². The lowest BCUT2D eigenvalue weighted by atomic mass is 10.1. The Bertz CT molecular complexity index is 816. The second-order valence-corrected chi connectivity index (χ2v) is 6.53. The predicted molar refractivity (Wildman–Crippen MR) is 102 cm³/mol. The van der Waals surface area contributed by atoms with E-state index in [-0.39, 0.29) is 5.91 Å². The van der Waals surface area contributed by atoms with Gasteiger partial charge in [-0.3, -0.25) is 4.79 Å². The zero-order valence-electron chi connectivity index (χ0n) is 14.1. The summed E-state index contributed by atoms with van der Waals surface area (Å²) in [6.45, 7) is 1.21. The molecule has 3 rings (SSSR count). The standard InChI is InChI=1S/C20H20N2O2S/c1-24-14-8-13-21-19(23)18-17(15-9-4-2-5-10-15)22-20(25-18)16-11-6-3-7-12-16/h2-7,9-12H,8,13-14H2,1H3,(H,21,23). The summed E-state index contributed by atoms with van der Waals surface area (Å²) < 4.78 is 5.02. The van der Waals surface area contributed by atoms with Gasteiger partial charge in [0.15, 0.2) is 0 Å². The van der Waals surface area contributed by atoms with Gasteiger partial charge in [-0.25, -0.2) is 4.98 Å². The molecule has 1 aromatic heterocycles. The molecule has 0 unspecified atom stereocenters. The first-order valence-electron chi connectivity index (χ1n) is 8.18. The normalized spacial score (nSPS) is 10.6. The summed E-state index contributed by atoms with van der Waals surface area (Å²) >= 11 is 1.42. The van der Waals surface area contributed by atoms with Gasteiger partial charge in [-0.05, 0) is 6.42 Å². The van der Waals surface area contributed by atoms with E-state index in [1.165, 1.54) is 11.3 Å². The van der Waals surface area contributed by atoms with Crippen LogP contribution in [0.25, 0.3) is 21.8 Å². The lowest BCUT2D eigenvalue weighted by molar-refractivity contribution is 0.0953. The number of methoxy groups -OCH3 is 1. The fourth-order valence-electron chi connectivity index (χ4n) is 2.47. The van der Waals surface area contributed by atoms with Crippen LogP contribution in [0.2, 0.25) is 0 Å². The topological polar surface area (TPSA) is 51.2 Å². The first kappa shape index (κ1) is 17.3. The summed E-state index contributed by atoms with van der Waals surface area (Å²) in [7, 11) is 1.66. The van der Waals surface area contributed by atoms with Crippen LogP contribution in [0.5, 0.6) is 0 Å². The molecule has 1 heterocycles. The van der Waals surface area contributed by atoms with Crippen molar-refractivity contribution in [2.24, 2.45) is 0 Å². The highest BCUT2D eigenvalue weighted by Crippen LogP contribution is 2.33. The van der Waals surface area contributed by atoms with E-state index in [2.05, 4.69) is 5.32 Å². The summed E-state index contributed by atoms with van der Waals surface area (Å²) in [6, 6.07) is 19.8. The number of thiazole rings is 1. The van der Waals surface area contributed by atoms with E-state index >= 15 is 0 Å². The fourth-order valence-corrected chi connectivity index (χ4v) is 3.48. The van der Waals surface area contributed by atoms with Crippen molar-refractivity contribution < 1.29 is 9.53 Å². The quantitative estimate of drug-likeness (QED) is 0.647. The van der Waals surface area contributed by atoms with Crippen LogP contribution < -0.4 is 5.32 Å². The number of nitrogens with one attached hydrogen (secondary N) is 1. The molecule has 0 saturated heterocycles. The molecule has 4 nitrogen and oxygen atoms in total. The number of hydrogen-bond donors (Lipinski definition) is 1. The third-order valence-corrected chi connectivity index (χ3v) is 4.82. The molecule has 1 amide bonds. The maximum Gasteiger partial charge on any atom is 0.263 e. The molecule has 128 valence electrons. The predicted octanol–water partition coefficient (Wildman–Crippen LogP) is 4.24. The molecule has 0 aliphatic carbocycles. The minimum atomic E-state index is -0.0883. The summed E-state index contributed by atoms with van der Waals surface area (Å²) in [5.41, 5.74) is 2.69. The lowest BCUT2D eigenvalue weighted by Crippen LogP contribution is -2.24. The largest absolute Gasteiger partial charge is 0.385 e. The van der Waals surface area contributed by atoms with Gasteiger partial charge in [0.2, 0.25) is 0 Å². The molecule has 0 atom stereocenters. The molecule has 2 aromatic carbocycles. The van der Waals surface area contributed by atoms with E-state index in [4.69, 9.17) is 9.72 Å². The van der Waals surface area contributed by atoms with Gasteiger partial charge in [-0.15, -0.1) is 11.3 Å². The average Bonchev–Trinajstić information content (AvgIpc) is 3.12.